The molecule has 2 heterocycles. The Labute approximate surface area is 186 Å². The molecule has 2 atom stereocenters. The van der Waals surface area contributed by atoms with Crippen LogP contribution in [0, 0.1) is 0 Å². The van der Waals surface area contributed by atoms with Crippen molar-refractivity contribution in [1.29, 1.82) is 0 Å². The maximum atomic E-state index is 13.1. The van der Waals surface area contributed by atoms with Gasteiger partial charge >= 0.3 is 5.97 Å². The van der Waals surface area contributed by atoms with Gasteiger partial charge in [-0.2, -0.15) is 9.29 Å². The van der Waals surface area contributed by atoms with Crippen molar-refractivity contribution in [2.75, 3.05) is 13.1 Å². The molecule has 0 saturated carbocycles. The van der Waals surface area contributed by atoms with Crippen molar-refractivity contribution in [3.8, 4) is 11.4 Å². The van der Waals surface area contributed by atoms with Crippen molar-refractivity contribution in [2.24, 2.45) is 0 Å². The first-order valence-electron chi connectivity index (χ1n) is 10.1. The number of rotatable bonds is 6. The van der Waals surface area contributed by atoms with Crippen molar-refractivity contribution >= 4 is 16.0 Å². The lowest BCUT2D eigenvalue weighted by Gasteiger charge is -2.34. The van der Waals surface area contributed by atoms with Crippen molar-refractivity contribution in [3.05, 3.63) is 66.1 Å². The van der Waals surface area contributed by atoms with Crippen LogP contribution in [0.15, 0.2) is 64.0 Å². The summed E-state index contributed by atoms with van der Waals surface area (Å²) in [4.78, 5) is 16.7. The van der Waals surface area contributed by atoms with Crippen molar-refractivity contribution < 1.29 is 27.2 Å². The summed E-state index contributed by atoms with van der Waals surface area (Å²) < 4.78 is 43.5. The van der Waals surface area contributed by atoms with Crippen LogP contribution in [0.2, 0.25) is 0 Å². The predicted molar refractivity (Wildman–Crippen MR) is 114 cm³/mol. The van der Waals surface area contributed by atoms with E-state index in [0.717, 1.165) is 5.56 Å². The van der Waals surface area contributed by atoms with Crippen LogP contribution in [0.4, 0.5) is 0 Å². The first-order chi connectivity index (χ1) is 15.3. The van der Waals surface area contributed by atoms with Gasteiger partial charge in [0.1, 0.15) is 0 Å². The van der Waals surface area contributed by atoms with Crippen LogP contribution in [0.3, 0.4) is 0 Å². The molecule has 1 aliphatic rings. The standard InChI is InChI=1S/C22H23N3O6S/c1-15-12-25(13-16(2)30-15)32(27,28)19-10-6-9-18(11-19)22(26)29-14-20-23-21(24-31-20)17-7-4-3-5-8-17/h3-11,15-16H,12-14H2,1-2H3. The Bertz CT molecular complexity index is 1190. The maximum Gasteiger partial charge on any atom is 0.338 e. The number of morpholine rings is 1. The quantitative estimate of drug-likeness (QED) is 0.520. The van der Waals surface area contributed by atoms with E-state index in [1.807, 2.05) is 44.2 Å². The number of benzene rings is 2. The number of sulfonamides is 1. The Morgan fingerprint density at radius 2 is 1.81 bits per heavy atom. The number of esters is 1. The van der Waals surface area contributed by atoms with E-state index < -0.39 is 16.0 Å². The lowest BCUT2D eigenvalue weighted by molar-refractivity contribution is -0.0440. The largest absolute Gasteiger partial charge is 0.452 e. The van der Waals surface area contributed by atoms with E-state index in [1.165, 1.54) is 28.6 Å². The van der Waals surface area contributed by atoms with Gasteiger partial charge in [0.05, 0.1) is 22.7 Å². The van der Waals surface area contributed by atoms with E-state index in [4.69, 9.17) is 14.0 Å². The zero-order valence-electron chi connectivity index (χ0n) is 17.7. The van der Waals surface area contributed by atoms with Gasteiger partial charge < -0.3 is 14.0 Å². The van der Waals surface area contributed by atoms with Crippen LogP contribution in [0.25, 0.3) is 11.4 Å². The third-order valence-electron chi connectivity index (χ3n) is 4.92. The van der Waals surface area contributed by atoms with E-state index in [1.54, 1.807) is 0 Å². The highest BCUT2D eigenvalue weighted by molar-refractivity contribution is 7.89. The molecule has 0 spiro atoms. The van der Waals surface area contributed by atoms with E-state index >= 15 is 0 Å². The summed E-state index contributed by atoms with van der Waals surface area (Å²) in [6.07, 6.45) is -0.422. The van der Waals surface area contributed by atoms with Crippen molar-refractivity contribution in [3.63, 3.8) is 0 Å². The molecule has 3 aromatic rings. The molecule has 1 saturated heterocycles. The summed E-state index contributed by atoms with van der Waals surface area (Å²) in [5.74, 6) is -0.166. The average Bonchev–Trinajstić information content (AvgIpc) is 3.26. The number of hydrogen-bond acceptors (Lipinski definition) is 8. The molecule has 0 radical (unpaired) electrons. The smallest absolute Gasteiger partial charge is 0.338 e. The van der Waals surface area contributed by atoms with Gasteiger partial charge in [0.25, 0.3) is 5.89 Å². The summed E-state index contributed by atoms with van der Waals surface area (Å²) in [6, 6.07) is 15.0. The Hall–Kier alpha value is -3.08. The minimum absolute atomic E-state index is 0.0254. The molecular weight excluding hydrogens is 434 g/mol. The number of ether oxygens (including phenoxy) is 2. The Morgan fingerprint density at radius 3 is 2.53 bits per heavy atom. The normalized spacial score (nSPS) is 19.6. The van der Waals surface area contributed by atoms with Gasteiger partial charge in [-0.25, -0.2) is 13.2 Å². The number of carbonyl (C=O) groups is 1. The third-order valence-corrected chi connectivity index (χ3v) is 6.75. The number of hydrogen-bond donors (Lipinski definition) is 0. The molecule has 1 aromatic heterocycles. The fraction of sp³-hybridized carbons (Fsp3) is 0.318. The maximum absolute atomic E-state index is 13.1. The Morgan fingerprint density at radius 1 is 1.09 bits per heavy atom. The lowest BCUT2D eigenvalue weighted by Crippen LogP contribution is -2.48. The van der Waals surface area contributed by atoms with Crippen LogP contribution in [0.5, 0.6) is 0 Å². The second kappa shape index (κ2) is 9.19. The van der Waals surface area contributed by atoms with E-state index in [-0.39, 0.29) is 48.3 Å². The molecule has 9 nitrogen and oxygen atoms in total. The van der Waals surface area contributed by atoms with Gasteiger partial charge in [-0.15, -0.1) is 0 Å². The SMILES string of the molecule is CC1CN(S(=O)(=O)c2cccc(C(=O)OCc3nc(-c4ccccc4)no3)c2)CC(C)O1. The van der Waals surface area contributed by atoms with Gasteiger partial charge in [0.2, 0.25) is 15.8 Å². The van der Waals surface area contributed by atoms with Crippen LogP contribution in [-0.2, 0) is 26.1 Å². The van der Waals surface area contributed by atoms with E-state index in [2.05, 4.69) is 10.1 Å². The zero-order valence-corrected chi connectivity index (χ0v) is 18.5. The first kappa shape index (κ1) is 22.1. The summed E-state index contributed by atoms with van der Waals surface area (Å²) in [5.41, 5.74) is 0.890. The molecule has 0 bridgehead atoms. The van der Waals surface area contributed by atoms with Crippen LogP contribution < -0.4 is 0 Å². The molecular formula is C22H23N3O6S. The van der Waals surface area contributed by atoms with Crippen LogP contribution in [-0.4, -0.2) is 54.1 Å². The molecule has 10 heteroatoms. The molecule has 2 unspecified atom stereocenters. The van der Waals surface area contributed by atoms with Crippen molar-refractivity contribution in [1.82, 2.24) is 14.4 Å². The highest BCUT2D eigenvalue weighted by Crippen LogP contribution is 2.22. The van der Waals surface area contributed by atoms with Gasteiger partial charge in [0, 0.05) is 18.7 Å². The van der Waals surface area contributed by atoms with E-state index in [9.17, 15) is 13.2 Å². The molecule has 4 rings (SSSR count). The first-order valence-corrected chi connectivity index (χ1v) is 11.6. The number of carbonyl (C=O) groups excluding carboxylic acids is 1. The summed E-state index contributed by atoms with van der Waals surface area (Å²) in [5, 5.41) is 3.88. The zero-order chi connectivity index (χ0) is 22.7. The summed E-state index contributed by atoms with van der Waals surface area (Å²) in [6.45, 7) is 3.93. The highest BCUT2D eigenvalue weighted by atomic mass is 32.2. The molecule has 2 aromatic carbocycles. The van der Waals surface area contributed by atoms with Gasteiger partial charge in [-0.3, -0.25) is 0 Å². The fourth-order valence-electron chi connectivity index (χ4n) is 3.49. The highest BCUT2D eigenvalue weighted by Gasteiger charge is 2.32. The molecule has 1 aliphatic heterocycles. The van der Waals surface area contributed by atoms with Gasteiger partial charge in [-0.1, -0.05) is 41.6 Å². The molecule has 0 amide bonds. The van der Waals surface area contributed by atoms with E-state index in [0.29, 0.717) is 5.82 Å². The topological polar surface area (TPSA) is 112 Å². The van der Waals surface area contributed by atoms with Gasteiger partial charge in [-0.05, 0) is 32.0 Å². The number of aromatic nitrogens is 2. The Kier molecular flexibility index (Phi) is 6.35. The van der Waals surface area contributed by atoms with Crippen LogP contribution >= 0.6 is 0 Å². The predicted octanol–water partition coefficient (Wildman–Crippen LogP) is 2.89. The minimum atomic E-state index is -3.77. The monoisotopic (exact) mass is 457 g/mol. The lowest BCUT2D eigenvalue weighted by atomic mass is 10.2. The molecule has 32 heavy (non-hydrogen) atoms. The summed E-state index contributed by atoms with van der Waals surface area (Å²) in [7, 11) is -3.77. The Balaban J connectivity index is 1.44. The van der Waals surface area contributed by atoms with Crippen LogP contribution in [0.1, 0.15) is 30.1 Å². The summed E-state index contributed by atoms with van der Waals surface area (Å²) >= 11 is 0. The second-order valence-electron chi connectivity index (χ2n) is 7.56. The molecule has 168 valence electrons. The van der Waals surface area contributed by atoms with Gasteiger partial charge in [0.15, 0.2) is 6.61 Å². The molecule has 0 aliphatic carbocycles. The molecule has 1 fully saturated rings. The molecule has 0 N–H and O–H groups in total. The average molecular weight is 458 g/mol. The number of nitrogens with zero attached hydrogens (tertiary/aromatic N) is 3. The second-order valence-corrected chi connectivity index (χ2v) is 9.50. The van der Waals surface area contributed by atoms with Crippen molar-refractivity contribution in [2.45, 2.75) is 37.6 Å². The minimum Gasteiger partial charge on any atom is -0.452 e. The third kappa shape index (κ3) is 4.87. The fourth-order valence-corrected chi connectivity index (χ4v) is 5.13.